The molecule has 2 rings (SSSR count). The molecule has 0 amide bonds. The third kappa shape index (κ3) is 5.29. The fraction of sp³-hybridized carbons (Fsp3) is 0.640. The van der Waals surface area contributed by atoms with Crippen LogP contribution in [0, 0.1) is 17.3 Å². The molecule has 162 valence electrons. The van der Waals surface area contributed by atoms with Gasteiger partial charge in [0.1, 0.15) is 0 Å². The number of aliphatic hydroxyl groups is 3. The predicted molar refractivity (Wildman–Crippen MR) is 117 cm³/mol. The molecule has 0 heterocycles. The van der Waals surface area contributed by atoms with Crippen LogP contribution in [-0.4, -0.2) is 33.8 Å². The normalized spacial score (nSPS) is 36.7. The summed E-state index contributed by atoms with van der Waals surface area (Å²) in [5.41, 5.74) is 3.36. The average molecular weight is 417 g/mol. The van der Waals surface area contributed by atoms with Crippen molar-refractivity contribution < 1.29 is 20.1 Å². The minimum absolute atomic E-state index is 0.107. The Bertz CT molecular complexity index is 740. The summed E-state index contributed by atoms with van der Waals surface area (Å²) in [6.45, 7) is 9.81. The maximum absolute atomic E-state index is 13.1. The number of ketones is 1. The molecule has 0 aromatic heterocycles. The molecule has 0 aliphatic heterocycles. The van der Waals surface area contributed by atoms with E-state index in [4.69, 9.17) is 0 Å². The van der Waals surface area contributed by atoms with Crippen molar-refractivity contribution in [3.63, 3.8) is 0 Å². The molecule has 0 aromatic rings. The molecule has 0 saturated carbocycles. The van der Waals surface area contributed by atoms with Crippen molar-refractivity contribution in [3.05, 3.63) is 46.3 Å². The number of rotatable bonds is 2. The molecule has 4 atom stereocenters. The van der Waals surface area contributed by atoms with Crippen molar-refractivity contribution in [2.75, 3.05) is 6.61 Å². The number of hydrogen-bond acceptors (Lipinski definition) is 4. The number of carbonyl (C=O) groups is 1. The number of carbonyl (C=O) groups excluding carboxylic acids is 1. The Morgan fingerprint density at radius 3 is 2.45 bits per heavy atom. The number of aliphatic hydroxyl groups excluding tert-OH is 3. The first-order valence-electron chi connectivity index (χ1n) is 10.9. The highest BCUT2D eigenvalue weighted by molar-refractivity contribution is 6.02. The van der Waals surface area contributed by atoms with E-state index in [2.05, 4.69) is 26.0 Å². The van der Waals surface area contributed by atoms with Crippen LogP contribution >= 0.6 is 0 Å². The second kappa shape index (κ2) is 9.90. The van der Waals surface area contributed by atoms with Gasteiger partial charge in [0.05, 0.1) is 6.10 Å². The van der Waals surface area contributed by atoms with E-state index < -0.39 is 11.5 Å². The zero-order valence-electron chi connectivity index (χ0n) is 18.7. The lowest BCUT2D eigenvalue weighted by atomic mass is 10.1. The van der Waals surface area contributed by atoms with Gasteiger partial charge < -0.3 is 15.3 Å². The maximum Gasteiger partial charge on any atom is 0.203 e. The van der Waals surface area contributed by atoms with E-state index in [0.29, 0.717) is 24.8 Å². The SMILES string of the molecule is [13CH3]/C1=[13CH]\C[C@]2([13CH3])[13C](=O)C(O)=[13C]([C@H]([13CH3])[13CH2]O)[13C@H]2C/[13CH]=C(\[13CH3])[13C@@H](O)C[13CH2]/C([13CH3])=[13CH]/C[13CH2]1. The first-order valence-corrected chi connectivity index (χ1v) is 10.9. The van der Waals surface area contributed by atoms with Gasteiger partial charge >= 0.3 is 0 Å². The first kappa shape index (κ1) is 23.6. The van der Waals surface area contributed by atoms with Gasteiger partial charge in [-0.2, -0.15) is 0 Å². The highest BCUT2D eigenvalue weighted by Gasteiger charge is 2.51. The predicted octanol–water partition coefficient (Wildman–Crippen LogP) is 5.19. The summed E-state index contributed by atoms with van der Waals surface area (Å²) < 4.78 is 0. The minimum atomic E-state index is -0.738. The molecule has 4 heteroatoms. The molecule has 4 nitrogen and oxygen atoms in total. The zero-order chi connectivity index (χ0) is 21.8. The van der Waals surface area contributed by atoms with Gasteiger partial charge in [-0.05, 0) is 70.4 Å². The van der Waals surface area contributed by atoms with Crippen LogP contribution in [0.2, 0.25) is 0 Å². The summed E-state index contributed by atoms with van der Waals surface area (Å²) >= 11 is 0. The summed E-state index contributed by atoms with van der Waals surface area (Å²) in [5.74, 6) is -0.860. The van der Waals surface area contributed by atoms with Crippen LogP contribution in [0.4, 0.5) is 0 Å². The van der Waals surface area contributed by atoms with Crippen molar-refractivity contribution in [2.45, 2.75) is 79.2 Å². The van der Waals surface area contributed by atoms with Crippen molar-refractivity contribution in [1.82, 2.24) is 0 Å². The standard InChI is InChI=1S/C25H38O4/c1-16-7-6-8-17(2)13-14-25(5)20(11-10-18(3)21(27)12-9-16)22(19(4)15-26)23(28)24(25)29/h7,10,13,19-21,26-28H,6,8-9,11-12,14-15H2,1-5H3/b16-7+,17-13+,18-10+/t19-,20-,21+,25+/m1/s1/i1+1,2+1,3+1,4+1,5+1,7+1,8+1,9+1,10+1,13+1,15+1,20+1,21+1,22+1,24+1. The average Bonchev–Trinajstić information content (AvgIpc) is 2.88. The maximum atomic E-state index is 13.1. The van der Waals surface area contributed by atoms with Gasteiger partial charge in [-0.25, -0.2) is 0 Å². The molecule has 0 saturated heterocycles. The van der Waals surface area contributed by atoms with Crippen LogP contribution in [0.15, 0.2) is 46.3 Å². The van der Waals surface area contributed by atoms with Gasteiger partial charge in [-0.15, -0.1) is 0 Å². The summed E-state index contributed by atoms with van der Waals surface area (Å²) in [5, 5.41) is 30.9. The van der Waals surface area contributed by atoms with E-state index >= 15 is 0 Å². The van der Waals surface area contributed by atoms with Crippen molar-refractivity contribution in [3.8, 4) is 0 Å². The smallest absolute Gasteiger partial charge is 0.203 e. The topological polar surface area (TPSA) is 77.8 Å². The molecule has 0 fully saturated rings. The van der Waals surface area contributed by atoms with Gasteiger partial charge in [-0.3, -0.25) is 4.79 Å². The van der Waals surface area contributed by atoms with Gasteiger partial charge in [-0.1, -0.05) is 43.2 Å². The fourth-order valence-corrected chi connectivity index (χ4v) is 4.53. The Morgan fingerprint density at radius 2 is 1.79 bits per heavy atom. The molecule has 0 aromatic carbocycles. The van der Waals surface area contributed by atoms with Gasteiger partial charge in [0.25, 0.3) is 0 Å². The monoisotopic (exact) mass is 417 g/mol. The van der Waals surface area contributed by atoms with Gasteiger partial charge in [0, 0.05) is 23.9 Å². The summed E-state index contributed by atoms with van der Waals surface area (Å²) in [7, 11) is 0. The van der Waals surface area contributed by atoms with Crippen LogP contribution in [0.25, 0.3) is 0 Å². The largest absolute Gasteiger partial charge is 0.504 e. The Hall–Kier alpha value is -1.65. The van der Waals surface area contributed by atoms with Gasteiger partial charge in [0.15, 0.2) is 5.76 Å². The molecule has 2 aliphatic rings. The zero-order valence-corrected chi connectivity index (χ0v) is 18.7. The van der Waals surface area contributed by atoms with Gasteiger partial charge in [0.2, 0.25) is 5.78 Å². The lowest BCUT2D eigenvalue weighted by molar-refractivity contribution is -0.126. The molecular formula is C25H38O4. The van der Waals surface area contributed by atoms with E-state index in [0.717, 1.165) is 24.8 Å². The van der Waals surface area contributed by atoms with Crippen LogP contribution in [0.5, 0.6) is 0 Å². The quantitative estimate of drug-likeness (QED) is 0.427. The highest BCUT2D eigenvalue weighted by atomic mass is 16.4. The van der Waals surface area contributed by atoms with E-state index in [9.17, 15) is 20.1 Å². The summed E-state index contributed by atoms with van der Waals surface area (Å²) in [4.78, 5) is 13.1. The van der Waals surface area contributed by atoms with E-state index in [1.54, 1.807) is 0 Å². The highest BCUT2D eigenvalue weighted by Crippen LogP contribution is 2.50. The Balaban J connectivity index is 2.46. The van der Waals surface area contributed by atoms with E-state index in [1.807, 2.05) is 26.8 Å². The van der Waals surface area contributed by atoms with Crippen LogP contribution in [0.1, 0.15) is 73.1 Å². The van der Waals surface area contributed by atoms with Crippen molar-refractivity contribution >= 4 is 5.78 Å². The number of fused-ring (bicyclic) bond motifs is 1. The summed E-state index contributed by atoms with van der Waals surface area (Å²) in [6.07, 6.45) is 10.4. The lowest BCUT2D eigenvalue weighted by Gasteiger charge is -2.32. The number of hydrogen-bond donors (Lipinski definition) is 3. The Labute approximate surface area is 175 Å². The molecule has 0 radical (unpaired) electrons. The third-order valence-corrected chi connectivity index (χ3v) is 6.88. The molecule has 3 N–H and O–H groups in total. The molecule has 0 bridgehead atoms. The van der Waals surface area contributed by atoms with Crippen LogP contribution in [-0.2, 0) is 4.79 Å². The van der Waals surface area contributed by atoms with Crippen molar-refractivity contribution in [1.29, 1.82) is 0 Å². The van der Waals surface area contributed by atoms with Crippen molar-refractivity contribution in [2.24, 2.45) is 17.3 Å². The lowest BCUT2D eigenvalue weighted by Crippen LogP contribution is -2.32. The Morgan fingerprint density at radius 1 is 1.14 bits per heavy atom. The molecule has 0 unspecified atom stereocenters. The molecular weight excluding hydrogens is 379 g/mol. The Kier molecular flexibility index (Phi) is 8.07. The number of allylic oxidation sites excluding steroid dienone is 6. The second-order valence-electron chi connectivity index (χ2n) is 9.27. The molecule has 29 heavy (non-hydrogen) atoms. The first-order chi connectivity index (χ1) is 13.6. The van der Waals surface area contributed by atoms with Crippen LogP contribution in [0.3, 0.4) is 0 Å². The van der Waals surface area contributed by atoms with E-state index in [1.165, 1.54) is 11.1 Å². The third-order valence-electron chi connectivity index (χ3n) is 6.88. The second-order valence-corrected chi connectivity index (χ2v) is 9.27. The molecule has 2 aliphatic carbocycles. The number of Topliss-reactive ketones (excluding diaryl/α,β-unsaturated/α-hetero) is 1. The van der Waals surface area contributed by atoms with E-state index in [-0.39, 0.29) is 30.0 Å². The fourth-order valence-electron chi connectivity index (χ4n) is 4.53. The summed E-state index contributed by atoms with van der Waals surface area (Å²) in [6, 6.07) is 0. The minimum Gasteiger partial charge on any atom is -0.504 e. The van der Waals surface area contributed by atoms with Crippen LogP contribution < -0.4 is 0 Å². The molecule has 0 spiro atoms.